The number of halogens is 2. The van der Waals surface area contributed by atoms with E-state index in [0.29, 0.717) is 3.63 Å². The number of fused-ring (bicyclic) bond motifs is 3. The second-order valence-electron chi connectivity index (χ2n) is 5.45. The van der Waals surface area contributed by atoms with E-state index >= 15 is 0 Å². The summed E-state index contributed by atoms with van der Waals surface area (Å²) in [6.07, 6.45) is 7.67. The number of ether oxygens (including phenoxy) is 1. The molecule has 0 aliphatic heterocycles. The molecule has 0 fully saturated rings. The van der Waals surface area contributed by atoms with Crippen LogP contribution in [0.15, 0.2) is 54.6 Å². The predicted molar refractivity (Wildman–Crippen MR) is 82.0 cm³/mol. The van der Waals surface area contributed by atoms with Crippen LogP contribution in [0.25, 0.3) is 16.7 Å². The van der Waals surface area contributed by atoms with E-state index in [1.54, 1.807) is 7.11 Å². The van der Waals surface area contributed by atoms with Gasteiger partial charge < -0.3 is 24.8 Å². The molecule has 2 aliphatic rings. The van der Waals surface area contributed by atoms with E-state index in [2.05, 4.69) is 54.6 Å². The topological polar surface area (TPSA) is 9.23 Å². The van der Waals surface area contributed by atoms with Gasteiger partial charge in [-0.25, -0.2) is 0 Å². The van der Waals surface area contributed by atoms with Crippen LogP contribution >= 0.6 is 0 Å². The minimum absolute atomic E-state index is 0. The SMILES string of the molecule is COc1ccc(C2=CC=CC2)c2c1-c1ccccc1[CH]2[Zr+2].[Cl-].[Cl-]. The monoisotopic (exact) mass is 419 g/mol. The van der Waals surface area contributed by atoms with Crippen molar-refractivity contribution in [2.45, 2.75) is 10.0 Å². The van der Waals surface area contributed by atoms with Crippen LogP contribution in [-0.4, -0.2) is 7.11 Å². The first-order valence-corrected chi connectivity index (χ1v) is 8.60. The number of hydrogen-bond acceptors (Lipinski definition) is 1. The van der Waals surface area contributed by atoms with Crippen molar-refractivity contribution in [3.63, 3.8) is 0 Å². The molecule has 1 atom stereocenters. The van der Waals surface area contributed by atoms with Gasteiger partial charge in [0.25, 0.3) is 0 Å². The molecule has 1 unspecified atom stereocenters. The Morgan fingerprint density at radius 3 is 2.52 bits per heavy atom. The molecule has 0 bridgehead atoms. The smallest absolute Gasteiger partial charge is 1.00 e. The predicted octanol–water partition coefficient (Wildman–Crippen LogP) is -1.34. The molecule has 0 N–H and O–H groups in total. The van der Waals surface area contributed by atoms with E-state index in [0.717, 1.165) is 12.2 Å². The van der Waals surface area contributed by atoms with Gasteiger partial charge in [-0.1, -0.05) is 0 Å². The van der Waals surface area contributed by atoms with Crippen molar-refractivity contribution in [2.24, 2.45) is 0 Å². The van der Waals surface area contributed by atoms with Crippen LogP contribution in [0.3, 0.4) is 0 Å². The number of hydrogen-bond donors (Lipinski definition) is 0. The quantitative estimate of drug-likeness (QED) is 0.584. The Hall–Kier alpha value is -0.817. The summed E-state index contributed by atoms with van der Waals surface area (Å²) >= 11 is 1.54. The second-order valence-corrected chi connectivity index (χ2v) is 6.87. The zero-order valence-corrected chi connectivity index (χ0v) is 16.6. The molecule has 4 heteroatoms. The number of allylic oxidation sites excluding steroid dienone is 4. The first-order chi connectivity index (χ1) is 10.3. The summed E-state index contributed by atoms with van der Waals surface area (Å²) in [6, 6.07) is 13.1. The molecule has 0 radical (unpaired) electrons. The van der Waals surface area contributed by atoms with Crippen LogP contribution in [0.5, 0.6) is 5.75 Å². The molecule has 0 aromatic heterocycles. The van der Waals surface area contributed by atoms with Gasteiger partial charge in [-0.05, 0) is 0 Å². The fraction of sp³-hybridized carbons (Fsp3) is 0.158. The van der Waals surface area contributed by atoms with Crippen LogP contribution in [0, 0.1) is 0 Å². The molecule has 1 nitrogen and oxygen atoms in total. The van der Waals surface area contributed by atoms with Crippen molar-refractivity contribution < 1.29 is 54.3 Å². The van der Waals surface area contributed by atoms with E-state index in [-0.39, 0.29) is 24.8 Å². The summed E-state index contributed by atoms with van der Waals surface area (Å²) < 4.78 is 6.16. The van der Waals surface area contributed by atoms with Gasteiger partial charge >= 0.3 is 140 Å². The normalized spacial score (nSPS) is 16.8. The maximum atomic E-state index is 5.65. The molecule has 2 aliphatic carbocycles. The molecular formula is C19H15Cl2OZr. The van der Waals surface area contributed by atoms with E-state index in [4.69, 9.17) is 4.74 Å². The van der Waals surface area contributed by atoms with Gasteiger partial charge in [-0.3, -0.25) is 0 Å². The number of methoxy groups -OCH3 is 1. The first kappa shape index (κ1) is 18.5. The maximum Gasteiger partial charge on any atom is -1.00 e. The maximum absolute atomic E-state index is 5.65. The molecule has 0 spiro atoms. The molecule has 0 saturated carbocycles. The van der Waals surface area contributed by atoms with Crippen LogP contribution in [0.1, 0.15) is 26.7 Å². The third-order valence-corrected chi connectivity index (χ3v) is 5.85. The van der Waals surface area contributed by atoms with Crippen molar-refractivity contribution in [3.8, 4) is 16.9 Å². The zero-order valence-electron chi connectivity index (χ0n) is 12.6. The van der Waals surface area contributed by atoms with Crippen molar-refractivity contribution >= 4 is 5.57 Å². The van der Waals surface area contributed by atoms with E-state index in [1.807, 2.05) is 0 Å². The van der Waals surface area contributed by atoms with E-state index in [1.165, 1.54) is 58.1 Å². The van der Waals surface area contributed by atoms with E-state index in [9.17, 15) is 0 Å². The molecule has 0 heterocycles. The summed E-state index contributed by atoms with van der Waals surface area (Å²) in [5, 5.41) is 0. The standard InChI is InChI=1S/C19H15O.2ClH.Zr/c1-20-18-11-10-15(13-6-2-3-7-13)17-12-14-8-4-5-9-16(14)19(17)18;;;/h2-6,8-12H,7H2,1H3;2*1H;/q;;;+2/p-2. The molecule has 0 amide bonds. The van der Waals surface area contributed by atoms with Crippen molar-refractivity contribution in [2.75, 3.05) is 7.11 Å². The number of benzene rings is 2. The molecule has 115 valence electrons. The minimum atomic E-state index is 0. The molecular weight excluding hydrogens is 406 g/mol. The Kier molecular flexibility index (Phi) is 5.95. The van der Waals surface area contributed by atoms with Gasteiger partial charge in [0.1, 0.15) is 0 Å². The second kappa shape index (κ2) is 7.38. The average Bonchev–Trinajstić information content (AvgIpc) is 3.15. The van der Waals surface area contributed by atoms with Gasteiger partial charge in [-0.2, -0.15) is 0 Å². The van der Waals surface area contributed by atoms with E-state index < -0.39 is 0 Å². The Labute approximate surface area is 164 Å². The van der Waals surface area contributed by atoms with Crippen LogP contribution < -0.4 is 29.6 Å². The largest absolute Gasteiger partial charge is 1.00 e. The van der Waals surface area contributed by atoms with Crippen molar-refractivity contribution in [3.05, 3.63) is 71.3 Å². The Morgan fingerprint density at radius 1 is 1.04 bits per heavy atom. The summed E-state index contributed by atoms with van der Waals surface area (Å²) in [5.41, 5.74) is 8.38. The summed E-state index contributed by atoms with van der Waals surface area (Å²) in [7, 11) is 1.77. The summed E-state index contributed by atoms with van der Waals surface area (Å²) in [5.74, 6) is 0.998. The van der Waals surface area contributed by atoms with Crippen LogP contribution in [0.2, 0.25) is 0 Å². The van der Waals surface area contributed by atoms with Gasteiger partial charge in [0.15, 0.2) is 0 Å². The van der Waals surface area contributed by atoms with Gasteiger partial charge in [0, 0.05) is 0 Å². The minimum Gasteiger partial charge on any atom is -1.00 e. The molecule has 4 rings (SSSR count). The third-order valence-electron chi connectivity index (χ3n) is 4.37. The molecule has 2 aromatic carbocycles. The van der Waals surface area contributed by atoms with Gasteiger partial charge in [-0.15, -0.1) is 0 Å². The molecule has 0 saturated heterocycles. The van der Waals surface area contributed by atoms with Crippen molar-refractivity contribution in [1.82, 2.24) is 0 Å². The molecule has 2 aromatic rings. The third kappa shape index (κ3) is 2.86. The van der Waals surface area contributed by atoms with Gasteiger partial charge in [0.2, 0.25) is 0 Å². The zero-order chi connectivity index (χ0) is 14.4. The summed E-state index contributed by atoms with van der Waals surface area (Å²) in [4.78, 5) is 0. The Morgan fingerprint density at radius 2 is 1.83 bits per heavy atom. The van der Waals surface area contributed by atoms with Crippen LogP contribution in [0.4, 0.5) is 0 Å². The van der Waals surface area contributed by atoms with Crippen molar-refractivity contribution in [1.29, 1.82) is 0 Å². The summed E-state index contributed by atoms with van der Waals surface area (Å²) in [6.45, 7) is 0. The molecule has 23 heavy (non-hydrogen) atoms. The van der Waals surface area contributed by atoms with Gasteiger partial charge in [0.05, 0.1) is 0 Å². The average molecular weight is 421 g/mol. The fourth-order valence-corrected chi connectivity index (χ4v) is 4.76. The Bertz CT molecular complexity index is 796. The Balaban J connectivity index is 0.000000960. The van der Waals surface area contributed by atoms with Crippen LogP contribution in [-0.2, 0) is 24.7 Å². The fourth-order valence-electron chi connectivity index (χ4n) is 3.41. The number of rotatable bonds is 2. The first-order valence-electron chi connectivity index (χ1n) is 7.18.